The van der Waals surface area contributed by atoms with Gasteiger partial charge in [-0.1, -0.05) is 56.1 Å². The van der Waals surface area contributed by atoms with E-state index in [1.165, 1.54) is 7.11 Å². The van der Waals surface area contributed by atoms with Gasteiger partial charge < -0.3 is 19.1 Å². The Hall–Kier alpha value is -2.50. The van der Waals surface area contributed by atoms with Gasteiger partial charge in [0.15, 0.2) is 17.3 Å². The molecule has 12 heteroatoms. The van der Waals surface area contributed by atoms with Crippen LogP contribution < -0.4 is 14.2 Å². The lowest BCUT2D eigenvalue weighted by molar-refractivity contribution is -0.0142. The molecule has 1 saturated heterocycles. The minimum absolute atomic E-state index is 0.0173. The number of ether oxygens (including phenoxy) is 3. The van der Waals surface area contributed by atoms with Crippen molar-refractivity contribution in [3.05, 3.63) is 64.0 Å². The van der Waals surface area contributed by atoms with E-state index in [0.29, 0.717) is 37.1 Å². The standard InChI is InChI=1S/C26H32Cl2N4O5S/c1-26(2,3)17-6-9-19(10-7-17)38(33,34)30-24-22(37-21-16-18(35-5)8-11-20(21)27)23(28)31(4)25(29-24)32-12-14-36-15-13-32/h6-11,16,25H,12-15H2,1-5H3,(H,29,30). The molecule has 2 heterocycles. The molecule has 0 bridgehead atoms. The molecule has 0 radical (unpaired) electrons. The highest BCUT2D eigenvalue weighted by molar-refractivity contribution is 7.90. The third kappa shape index (κ3) is 6.21. The number of sulfonamides is 1. The maximum Gasteiger partial charge on any atom is 0.263 e. The molecule has 0 aliphatic carbocycles. The minimum atomic E-state index is -4.04. The van der Waals surface area contributed by atoms with Gasteiger partial charge in [-0.3, -0.25) is 9.62 Å². The Bertz CT molecular complexity index is 1330. The van der Waals surface area contributed by atoms with Crippen LogP contribution in [0.5, 0.6) is 11.5 Å². The smallest absolute Gasteiger partial charge is 0.263 e. The maximum absolute atomic E-state index is 13.5. The average molecular weight is 584 g/mol. The fraction of sp³-hybridized carbons (Fsp3) is 0.423. The number of hydrogen-bond donors (Lipinski definition) is 1. The Morgan fingerprint density at radius 3 is 2.34 bits per heavy atom. The van der Waals surface area contributed by atoms with E-state index in [4.69, 9.17) is 42.4 Å². The normalized spacial score (nSPS) is 19.3. The van der Waals surface area contributed by atoms with Crippen LogP contribution in [0.1, 0.15) is 26.3 Å². The lowest BCUT2D eigenvalue weighted by Crippen LogP contribution is -2.53. The quantitative estimate of drug-likeness (QED) is 0.505. The number of benzene rings is 2. The van der Waals surface area contributed by atoms with E-state index >= 15 is 0 Å². The molecule has 2 aliphatic rings. The fourth-order valence-electron chi connectivity index (χ4n) is 4.04. The van der Waals surface area contributed by atoms with Gasteiger partial charge in [0.2, 0.25) is 5.76 Å². The summed E-state index contributed by atoms with van der Waals surface area (Å²) in [6.07, 6.45) is -0.569. The molecule has 206 valence electrons. The van der Waals surface area contributed by atoms with Gasteiger partial charge in [0.1, 0.15) is 11.5 Å². The highest BCUT2D eigenvalue weighted by Gasteiger charge is 2.35. The van der Waals surface area contributed by atoms with Gasteiger partial charge in [-0.15, -0.1) is 0 Å². The van der Waals surface area contributed by atoms with E-state index in [0.717, 1.165) is 5.56 Å². The van der Waals surface area contributed by atoms with Crippen molar-refractivity contribution >= 4 is 39.1 Å². The summed E-state index contributed by atoms with van der Waals surface area (Å²) < 4.78 is 46.4. The van der Waals surface area contributed by atoms with Crippen molar-refractivity contribution in [3.63, 3.8) is 0 Å². The summed E-state index contributed by atoms with van der Waals surface area (Å²) in [4.78, 5) is 8.59. The molecule has 1 N–H and O–H groups in total. The summed E-state index contributed by atoms with van der Waals surface area (Å²) in [5.74, 6) is 0.723. The van der Waals surface area contributed by atoms with Gasteiger partial charge in [-0.05, 0) is 35.2 Å². The van der Waals surface area contributed by atoms with Crippen LogP contribution in [0.25, 0.3) is 0 Å². The summed E-state index contributed by atoms with van der Waals surface area (Å²) in [6, 6.07) is 11.6. The molecule has 1 unspecified atom stereocenters. The largest absolute Gasteiger partial charge is 0.497 e. The van der Waals surface area contributed by atoms with Gasteiger partial charge in [0, 0.05) is 26.2 Å². The van der Waals surface area contributed by atoms with Gasteiger partial charge in [0.05, 0.1) is 30.2 Å². The first kappa shape index (κ1) is 28.5. The first-order valence-electron chi connectivity index (χ1n) is 12.1. The lowest BCUT2D eigenvalue weighted by atomic mass is 9.87. The maximum atomic E-state index is 13.5. The molecular weight excluding hydrogens is 551 g/mol. The summed E-state index contributed by atoms with van der Waals surface area (Å²) in [7, 11) is -0.755. The summed E-state index contributed by atoms with van der Waals surface area (Å²) in [5, 5.41) is 0.455. The molecular formula is C26H32Cl2N4O5S. The molecule has 1 fully saturated rings. The van der Waals surface area contributed by atoms with Crippen LogP contribution in [0.3, 0.4) is 0 Å². The minimum Gasteiger partial charge on any atom is -0.497 e. The molecule has 2 aromatic rings. The second kappa shape index (κ2) is 11.3. The third-order valence-electron chi connectivity index (χ3n) is 6.29. The van der Waals surface area contributed by atoms with Crippen molar-refractivity contribution in [1.29, 1.82) is 0 Å². The highest BCUT2D eigenvalue weighted by Crippen LogP contribution is 2.34. The van der Waals surface area contributed by atoms with Crippen molar-refractivity contribution in [1.82, 2.24) is 14.5 Å². The Labute approximate surface area is 234 Å². The lowest BCUT2D eigenvalue weighted by Gasteiger charge is -2.40. The second-order valence-corrected chi connectivity index (χ2v) is 12.4. The zero-order chi connectivity index (χ0) is 27.7. The number of nitrogens with zero attached hydrogens (tertiary/aromatic N) is 3. The SMILES string of the molecule is COc1ccc(Cl)c(OC2=C(Cl)N(C)C(N3CCOCC3)N=C2NS(=O)(=O)c2ccc(C(C)(C)C)cc2)c1. The fourth-order valence-corrected chi connectivity index (χ4v) is 5.42. The van der Waals surface area contributed by atoms with Crippen LogP contribution in [-0.4, -0.2) is 70.8 Å². The van der Waals surface area contributed by atoms with Crippen molar-refractivity contribution < 1.29 is 22.6 Å². The molecule has 9 nitrogen and oxygen atoms in total. The molecule has 38 heavy (non-hydrogen) atoms. The van der Waals surface area contributed by atoms with Crippen LogP contribution in [0, 0.1) is 0 Å². The molecule has 0 amide bonds. The van der Waals surface area contributed by atoms with E-state index in [9.17, 15) is 8.42 Å². The summed E-state index contributed by atoms with van der Waals surface area (Å²) in [5.41, 5.74) is 0.895. The average Bonchev–Trinajstić information content (AvgIpc) is 2.89. The third-order valence-corrected chi connectivity index (χ3v) is 8.39. The molecule has 0 spiro atoms. The second-order valence-electron chi connectivity index (χ2n) is 9.98. The number of amidine groups is 1. The summed E-state index contributed by atoms with van der Waals surface area (Å²) >= 11 is 13.2. The van der Waals surface area contributed by atoms with Gasteiger partial charge in [-0.2, -0.15) is 0 Å². The molecule has 2 aliphatic heterocycles. The predicted octanol–water partition coefficient (Wildman–Crippen LogP) is 4.37. The molecule has 2 aromatic carbocycles. The molecule has 4 rings (SSSR count). The number of methoxy groups -OCH3 is 1. The Kier molecular flexibility index (Phi) is 8.49. The Morgan fingerprint density at radius 2 is 1.74 bits per heavy atom. The first-order chi connectivity index (χ1) is 17.9. The molecule has 0 saturated carbocycles. The Balaban J connectivity index is 1.72. The van der Waals surface area contributed by atoms with Gasteiger partial charge in [-0.25, -0.2) is 13.4 Å². The van der Waals surface area contributed by atoms with E-state index < -0.39 is 16.3 Å². The van der Waals surface area contributed by atoms with Gasteiger partial charge in [0.25, 0.3) is 10.0 Å². The number of hydrogen-bond acceptors (Lipinski definition) is 8. The van der Waals surface area contributed by atoms with E-state index in [1.54, 1.807) is 54.4 Å². The van der Waals surface area contributed by atoms with Crippen molar-refractivity contribution in [2.75, 3.05) is 40.5 Å². The first-order valence-corrected chi connectivity index (χ1v) is 14.3. The van der Waals surface area contributed by atoms with Crippen LogP contribution in [0.4, 0.5) is 0 Å². The number of rotatable bonds is 6. The molecule has 1 atom stereocenters. The monoisotopic (exact) mass is 582 g/mol. The van der Waals surface area contributed by atoms with Gasteiger partial charge >= 0.3 is 0 Å². The number of nitrogens with one attached hydrogen (secondary N) is 1. The molecule has 0 aromatic heterocycles. The zero-order valence-electron chi connectivity index (χ0n) is 22.0. The van der Waals surface area contributed by atoms with Crippen LogP contribution in [0.15, 0.2) is 63.3 Å². The predicted molar refractivity (Wildman–Crippen MR) is 148 cm³/mol. The summed E-state index contributed by atoms with van der Waals surface area (Å²) in [6.45, 7) is 8.47. The number of halogens is 2. The van der Waals surface area contributed by atoms with E-state index in [2.05, 4.69) is 25.5 Å². The Morgan fingerprint density at radius 1 is 1.08 bits per heavy atom. The van der Waals surface area contributed by atoms with Crippen molar-refractivity contribution in [2.24, 2.45) is 4.99 Å². The van der Waals surface area contributed by atoms with Crippen LogP contribution in [0.2, 0.25) is 5.02 Å². The number of aliphatic imine (C=N–C) groups is 1. The van der Waals surface area contributed by atoms with Crippen LogP contribution >= 0.6 is 23.2 Å². The number of morpholine rings is 1. The topological polar surface area (TPSA) is 92.7 Å². The van der Waals surface area contributed by atoms with E-state index in [1.807, 2.05) is 4.90 Å². The van der Waals surface area contributed by atoms with Crippen LogP contribution in [-0.2, 0) is 20.2 Å². The zero-order valence-corrected chi connectivity index (χ0v) is 24.3. The van der Waals surface area contributed by atoms with E-state index in [-0.39, 0.29) is 32.8 Å². The van der Waals surface area contributed by atoms with Crippen molar-refractivity contribution in [2.45, 2.75) is 37.4 Å². The van der Waals surface area contributed by atoms with Crippen molar-refractivity contribution in [3.8, 4) is 11.5 Å². The highest BCUT2D eigenvalue weighted by atomic mass is 35.5.